The Morgan fingerprint density at radius 1 is 1.23 bits per heavy atom. The minimum atomic E-state index is -5.44. The molecule has 1 heterocycles. The quantitative estimate of drug-likeness (QED) is 0.786. The highest BCUT2D eigenvalue weighted by Crippen LogP contribution is 2.33. The smallest absolute Gasteiger partial charge is 0.471 e. The van der Waals surface area contributed by atoms with Crippen molar-refractivity contribution in [1.29, 1.82) is 0 Å². The molecule has 0 fully saturated rings. The van der Waals surface area contributed by atoms with Gasteiger partial charge < -0.3 is 10.0 Å². The highest BCUT2D eigenvalue weighted by atomic mass is 35.5. The Balaban J connectivity index is 3.09. The molecule has 0 saturated heterocycles. The van der Waals surface area contributed by atoms with Crippen molar-refractivity contribution in [2.24, 2.45) is 0 Å². The zero-order valence-electron chi connectivity index (χ0n) is 10.3. The van der Waals surface area contributed by atoms with Crippen LogP contribution >= 0.6 is 34.5 Å². The maximum Gasteiger partial charge on any atom is 0.471 e. The van der Waals surface area contributed by atoms with E-state index in [4.69, 9.17) is 28.3 Å². The number of thiophene rings is 1. The molecule has 0 unspecified atom stereocenters. The molecule has 4 nitrogen and oxygen atoms in total. The summed E-state index contributed by atoms with van der Waals surface area (Å²) < 4.78 is 63.6. The zero-order chi connectivity index (χ0) is 17.3. The maximum absolute atomic E-state index is 13.1. The van der Waals surface area contributed by atoms with Gasteiger partial charge in [0.15, 0.2) is 0 Å². The molecule has 0 radical (unpaired) electrons. The van der Waals surface area contributed by atoms with E-state index in [0.29, 0.717) is 0 Å². The second kappa shape index (κ2) is 6.55. The Labute approximate surface area is 134 Å². The third-order valence-corrected chi connectivity index (χ3v) is 3.89. The lowest BCUT2D eigenvalue weighted by Crippen LogP contribution is -2.49. The van der Waals surface area contributed by atoms with Gasteiger partial charge >= 0.3 is 24.0 Å². The lowest BCUT2D eigenvalue weighted by atomic mass is 10.2. The highest BCUT2D eigenvalue weighted by Gasteiger charge is 2.48. The molecule has 0 aromatic carbocycles. The Morgan fingerprint density at radius 3 is 2.14 bits per heavy atom. The molecule has 0 bridgehead atoms. The van der Waals surface area contributed by atoms with Gasteiger partial charge in [-0.2, -0.15) is 22.0 Å². The fourth-order valence-electron chi connectivity index (χ4n) is 1.37. The van der Waals surface area contributed by atoms with Crippen molar-refractivity contribution in [3.63, 3.8) is 0 Å². The van der Waals surface area contributed by atoms with Crippen LogP contribution in [0.4, 0.5) is 22.0 Å². The molecule has 0 aliphatic rings. The predicted octanol–water partition coefficient (Wildman–Crippen LogP) is 3.67. The largest absolute Gasteiger partial charge is 0.477 e. The molecule has 1 aromatic heterocycles. The molecular weight excluding hydrogens is 380 g/mol. The van der Waals surface area contributed by atoms with Gasteiger partial charge in [0.05, 0.1) is 15.2 Å². The fourth-order valence-corrected chi connectivity index (χ4v) is 2.85. The van der Waals surface area contributed by atoms with Crippen LogP contribution in [-0.4, -0.2) is 40.5 Å². The van der Waals surface area contributed by atoms with Crippen LogP contribution in [0.2, 0.25) is 8.67 Å². The number of alkyl halides is 5. The number of rotatable bonds is 5. The maximum atomic E-state index is 13.1. The van der Waals surface area contributed by atoms with E-state index < -0.39 is 37.1 Å². The third-order valence-electron chi connectivity index (χ3n) is 2.32. The van der Waals surface area contributed by atoms with Crippen LogP contribution in [0.3, 0.4) is 0 Å². The van der Waals surface area contributed by atoms with Crippen molar-refractivity contribution in [2.75, 3.05) is 6.54 Å². The lowest BCUT2D eigenvalue weighted by Gasteiger charge is -2.26. The topological polar surface area (TPSA) is 57.6 Å². The van der Waals surface area contributed by atoms with Gasteiger partial charge in [0, 0.05) is 12.1 Å². The molecule has 124 valence electrons. The average Bonchev–Trinajstić information content (AvgIpc) is 2.64. The standard InChI is InChI=1S/C10H6Cl2F5NO3S/c11-5-1-4(6(12)22-5)2-18(7(19)10(15,16)17)3-9(13,14)8(20)21/h1H,2-3H2,(H,20,21). The number of carboxylic acid groups (broad SMARTS) is 1. The van der Waals surface area contributed by atoms with E-state index in [0.717, 1.165) is 17.4 Å². The summed E-state index contributed by atoms with van der Waals surface area (Å²) in [6.07, 6.45) is -5.44. The number of halogens is 7. The summed E-state index contributed by atoms with van der Waals surface area (Å²) >= 11 is 12.0. The van der Waals surface area contributed by atoms with Gasteiger partial charge in [-0.25, -0.2) is 4.79 Å². The molecule has 22 heavy (non-hydrogen) atoms. The minimum absolute atomic E-state index is 0.0735. The summed E-state index contributed by atoms with van der Waals surface area (Å²) in [5.41, 5.74) is -0.101. The molecule has 1 rings (SSSR count). The van der Waals surface area contributed by atoms with Crippen molar-refractivity contribution in [2.45, 2.75) is 18.6 Å². The van der Waals surface area contributed by atoms with Crippen molar-refractivity contribution >= 4 is 46.4 Å². The highest BCUT2D eigenvalue weighted by molar-refractivity contribution is 7.20. The Bertz CT molecular complexity index is 590. The molecule has 0 aliphatic carbocycles. The summed E-state index contributed by atoms with van der Waals surface area (Å²) in [6, 6.07) is 1.10. The van der Waals surface area contributed by atoms with Crippen LogP contribution in [0.5, 0.6) is 0 Å². The number of carboxylic acids is 1. The van der Waals surface area contributed by atoms with E-state index in [1.807, 2.05) is 0 Å². The molecule has 12 heteroatoms. The summed E-state index contributed by atoms with van der Waals surface area (Å²) in [7, 11) is 0. The number of carbonyl (C=O) groups excluding carboxylic acids is 1. The molecule has 0 spiro atoms. The van der Waals surface area contributed by atoms with Gasteiger partial charge in [0.2, 0.25) is 0 Å². The number of aliphatic carboxylic acids is 1. The molecule has 1 aromatic rings. The average molecular weight is 386 g/mol. The SMILES string of the molecule is O=C(N(Cc1cc(Cl)sc1Cl)CC(F)(F)C(=O)O)C(F)(F)F. The Morgan fingerprint density at radius 2 is 1.77 bits per heavy atom. The first kappa shape index (κ1) is 18.9. The van der Waals surface area contributed by atoms with Crippen LogP contribution in [0.25, 0.3) is 0 Å². The predicted molar refractivity (Wildman–Crippen MR) is 68.4 cm³/mol. The summed E-state index contributed by atoms with van der Waals surface area (Å²) in [5, 5.41) is 8.29. The molecular formula is C10H6Cl2F5NO3S. The lowest BCUT2D eigenvalue weighted by molar-refractivity contribution is -0.193. The van der Waals surface area contributed by atoms with E-state index in [1.54, 1.807) is 0 Å². The number of nitrogens with zero attached hydrogens (tertiary/aromatic N) is 1. The molecule has 0 atom stereocenters. The first-order valence-corrected chi connectivity index (χ1v) is 6.83. The molecule has 1 N–H and O–H groups in total. The van der Waals surface area contributed by atoms with E-state index in [2.05, 4.69) is 0 Å². The van der Waals surface area contributed by atoms with Crippen molar-refractivity contribution in [3.8, 4) is 0 Å². The number of hydrogen-bond donors (Lipinski definition) is 1. The molecule has 0 saturated carbocycles. The number of hydrogen-bond acceptors (Lipinski definition) is 3. The summed E-state index contributed by atoms with van der Waals surface area (Å²) in [4.78, 5) is 21.2. The number of carbonyl (C=O) groups is 2. The monoisotopic (exact) mass is 385 g/mol. The third kappa shape index (κ3) is 4.68. The van der Waals surface area contributed by atoms with Crippen LogP contribution in [0.15, 0.2) is 6.07 Å². The van der Waals surface area contributed by atoms with Gasteiger partial charge in [0.1, 0.15) is 0 Å². The Hall–Kier alpha value is -1.13. The van der Waals surface area contributed by atoms with Gasteiger partial charge in [-0.15, -0.1) is 11.3 Å². The van der Waals surface area contributed by atoms with Gasteiger partial charge in [-0.3, -0.25) is 4.79 Å². The van der Waals surface area contributed by atoms with E-state index in [-0.39, 0.29) is 19.1 Å². The second-order valence-electron chi connectivity index (χ2n) is 4.02. The van der Waals surface area contributed by atoms with E-state index in [9.17, 15) is 31.5 Å². The van der Waals surface area contributed by atoms with Crippen molar-refractivity contribution < 1.29 is 36.6 Å². The van der Waals surface area contributed by atoms with Crippen LogP contribution < -0.4 is 0 Å². The summed E-state index contributed by atoms with van der Waals surface area (Å²) in [5.74, 6) is -9.80. The van der Waals surface area contributed by atoms with Gasteiger partial charge in [0.25, 0.3) is 0 Å². The fraction of sp³-hybridized carbons (Fsp3) is 0.400. The summed E-state index contributed by atoms with van der Waals surface area (Å²) in [6.45, 7) is -2.91. The number of amides is 1. The first-order chi connectivity index (χ1) is 9.84. The van der Waals surface area contributed by atoms with Gasteiger partial charge in [-0.1, -0.05) is 23.2 Å². The molecule has 1 amide bonds. The van der Waals surface area contributed by atoms with Crippen LogP contribution in [-0.2, 0) is 16.1 Å². The zero-order valence-corrected chi connectivity index (χ0v) is 12.6. The normalized spacial score (nSPS) is 12.3. The van der Waals surface area contributed by atoms with E-state index >= 15 is 0 Å². The second-order valence-corrected chi connectivity index (χ2v) is 6.30. The van der Waals surface area contributed by atoms with E-state index in [1.165, 1.54) is 0 Å². The van der Waals surface area contributed by atoms with Gasteiger partial charge in [-0.05, 0) is 6.07 Å². The van der Waals surface area contributed by atoms with Crippen molar-refractivity contribution in [3.05, 3.63) is 20.3 Å². The first-order valence-electron chi connectivity index (χ1n) is 5.25. The van der Waals surface area contributed by atoms with Crippen LogP contribution in [0.1, 0.15) is 5.56 Å². The Kier molecular flexibility index (Phi) is 5.63. The van der Waals surface area contributed by atoms with Crippen molar-refractivity contribution in [1.82, 2.24) is 4.90 Å². The molecule has 0 aliphatic heterocycles. The minimum Gasteiger partial charge on any atom is -0.477 e. The van der Waals surface area contributed by atoms with Crippen LogP contribution in [0, 0.1) is 0 Å².